The molecule has 2 rings (SSSR count). The summed E-state index contributed by atoms with van der Waals surface area (Å²) in [6, 6.07) is 0.459. The van der Waals surface area contributed by atoms with Gasteiger partial charge in [0.25, 0.3) is 0 Å². The Morgan fingerprint density at radius 1 is 1.53 bits per heavy atom. The number of carbonyl (C=O) groups is 1. The zero-order valence-electron chi connectivity index (χ0n) is 8.85. The highest BCUT2D eigenvalue weighted by Crippen LogP contribution is 2.29. The lowest BCUT2D eigenvalue weighted by molar-refractivity contribution is -0.138. The largest absolute Gasteiger partial charge is 0.480 e. The van der Waals surface area contributed by atoms with Gasteiger partial charge in [-0.1, -0.05) is 0 Å². The number of nitrogens with zero attached hydrogens (tertiary/aromatic N) is 1. The van der Waals surface area contributed by atoms with E-state index >= 15 is 0 Å². The van der Waals surface area contributed by atoms with Crippen molar-refractivity contribution in [3.8, 4) is 0 Å². The molecule has 0 aromatic heterocycles. The van der Waals surface area contributed by atoms with Crippen molar-refractivity contribution in [1.82, 2.24) is 10.2 Å². The zero-order valence-corrected chi connectivity index (χ0v) is 8.85. The summed E-state index contributed by atoms with van der Waals surface area (Å²) in [6.45, 7) is 2.57. The lowest BCUT2D eigenvalue weighted by Crippen LogP contribution is -2.44. The fourth-order valence-electron chi connectivity index (χ4n) is 2.11. The van der Waals surface area contributed by atoms with E-state index in [1.165, 1.54) is 12.8 Å². The van der Waals surface area contributed by atoms with Crippen LogP contribution in [-0.2, 0) is 4.79 Å². The normalized spacial score (nSPS) is 29.3. The van der Waals surface area contributed by atoms with Gasteiger partial charge in [0.15, 0.2) is 0 Å². The third-order valence-corrected chi connectivity index (χ3v) is 3.23. The lowest BCUT2D eigenvalue weighted by Gasteiger charge is -2.16. The van der Waals surface area contributed by atoms with Crippen LogP contribution in [0.5, 0.6) is 0 Å². The molecule has 0 aromatic carbocycles. The second-order valence-corrected chi connectivity index (χ2v) is 4.56. The molecule has 0 aromatic rings. The van der Waals surface area contributed by atoms with Crippen LogP contribution in [0.2, 0.25) is 0 Å². The first kappa shape index (κ1) is 10.9. The second-order valence-electron chi connectivity index (χ2n) is 4.56. The van der Waals surface area contributed by atoms with Crippen LogP contribution in [0.3, 0.4) is 0 Å². The van der Waals surface area contributed by atoms with Gasteiger partial charge >= 0.3 is 5.97 Å². The van der Waals surface area contributed by atoms with Crippen LogP contribution in [0.15, 0.2) is 0 Å². The van der Waals surface area contributed by atoms with Crippen molar-refractivity contribution in [2.75, 3.05) is 19.6 Å². The van der Waals surface area contributed by atoms with E-state index in [2.05, 4.69) is 10.2 Å². The molecule has 4 N–H and O–H groups in total. The molecule has 0 radical (unpaired) electrons. The molecule has 2 unspecified atom stereocenters. The van der Waals surface area contributed by atoms with Crippen LogP contribution < -0.4 is 11.1 Å². The number of hydrogen-bond donors (Lipinski definition) is 3. The average molecular weight is 213 g/mol. The molecule has 1 saturated heterocycles. The van der Waals surface area contributed by atoms with E-state index in [0.717, 1.165) is 25.6 Å². The SMILES string of the molecule is NC(CNC1CCN(C2CC2)C1)C(=O)O. The van der Waals surface area contributed by atoms with E-state index in [4.69, 9.17) is 10.8 Å². The van der Waals surface area contributed by atoms with Gasteiger partial charge in [0.2, 0.25) is 0 Å². The zero-order chi connectivity index (χ0) is 10.8. The van der Waals surface area contributed by atoms with Gasteiger partial charge in [0.05, 0.1) is 0 Å². The van der Waals surface area contributed by atoms with Crippen molar-refractivity contribution in [2.24, 2.45) is 5.73 Å². The third-order valence-electron chi connectivity index (χ3n) is 3.23. The maximum atomic E-state index is 10.5. The number of nitrogens with one attached hydrogen (secondary N) is 1. The summed E-state index contributed by atoms with van der Waals surface area (Å²) < 4.78 is 0. The molecule has 5 nitrogen and oxygen atoms in total. The topological polar surface area (TPSA) is 78.6 Å². The van der Waals surface area contributed by atoms with Crippen LogP contribution in [0.4, 0.5) is 0 Å². The van der Waals surface area contributed by atoms with Crippen molar-refractivity contribution in [2.45, 2.75) is 37.4 Å². The summed E-state index contributed by atoms with van der Waals surface area (Å²) in [4.78, 5) is 13.0. The van der Waals surface area contributed by atoms with Crippen LogP contribution in [0, 0.1) is 0 Å². The standard InChI is InChI=1S/C10H19N3O2/c11-9(10(14)15)5-12-7-3-4-13(6-7)8-1-2-8/h7-9,12H,1-6,11H2,(H,14,15). The van der Waals surface area contributed by atoms with Crippen molar-refractivity contribution >= 4 is 5.97 Å². The molecule has 2 fully saturated rings. The summed E-state index contributed by atoms with van der Waals surface area (Å²) in [5, 5.41) is 11.9. The minimum atomic E-state index is -0.931. The van der Waals surface area contributed by atoms with E-state index in [1.807, 2.05) is 0 Å². The summed E-state index contributed by atoms with van der Waals surface area (Å²) in [5.41, 5.74) is 5.43. The van der Waals surface area contributed by atoms with Gasteiger partial charge < -0.3 is 16.2 Å². The number of aliphatic carboxylic acids is 1. The predicted molar refractivity (Wildman–Crippen MR) is 56.6 cm³/mol. The first-order valence-corrected chi connectivity index (χ1v) is 5.62. The molecular formula is C10H19N3O2. The smallest absolute Gasteiger partial charge is 0.321 e. The van der Waals surface area contributed by atoms with E-state index in [1.54, 1.807) is 0 Å². The van der Waals surface area contributed by atoms with Crippen molar-refractivity contribution < 1.29 is 9.90 Å². The van der Waals surface area contributed by atoms with Gasteiger partial charge in [-0.05, 0) is 19.3 Å². The van der Waals surface area contributed by atoms with Gasteiger partial charge in [-0.25, -0.2) is 0 Å². The predicted octanol–water partition coefficient (Wildman–Crippen LogP) is -0.775. The van der Waals surface area contributed by atoms with Crippen molar-refractivity contribution in [3.05, 3.63) is 0 Å². The second kappa shape index (κ2) is 4.47. The third kappa shape index (κ3) is 2.90. The molecule has 86 valence electrons. The summed E-state index contributed by atoms with van der Waals surface area (Å²) in [6.07, 6.45) is 3.78. The molecule has 1 saturated carbocycles. The Balaban J connectivity index is 1.65. The molecule has 1 aliphatic heterocycles. The number of carboxylic acid groups (broad SMARTS) is 1. The fraction of sp³-hybridized carbons (Fsp3) is 0.900. The number of likely N-dealkylation sites (tertiary alicyclic amines) is 1. The van der Waals surface area contributed by atoms with Crippen molar-refractivity contribution in [1.29, 1.82) is 0 Å². The van der Waals surface area contributed by atoms with Crippen molar-refractivity contribution in [3.63, 3.8) is 0 Å². The van der Waals surface area contributed by atoms with Crippen LogP contribution >= 0.6 is 0 Å². The van der Waals surface area contributed by atoms with Crippen LogP contribution in [-0.4, -0.2) is 53.7 Å². The molecule has 2 atom stereocenters. The van der Waals surface area contributed by atoms with E-state index in [9.17, 15) is 4.79 Å². The molecule has 2 aliphatic rings. The Hall–Kier alpha value is -0.650. The fourth-order valence-corrected chi connectivity index (χ4v) is 2.11. The first-order chi connectivity index (χ1) is 7.16. The Bertz CT molecular complexity index is 243. The number of hydrogen-bond acceptors (Lipinski definition) is 4. The highest BCUT2D eigenvalue weighted by Gasteiger charge is 2.34. The Morgan fingerprint density at radius 2 is 2.27 bits per heavy atom. The summed E-state index contributed by atoms with van der Waals surface area (Å²) in [7, 11) is 0. The van der Waals surface area contributed by atoms with E-state index in [-0.39, 0.29) is 0 Å². The molecule has 0 amide bonds. The maximum absolute atomic E-state index is 10.5. The van der Waals surface area contributed by atoms with Crippen LogP contribution in [0.25, 0.3) is 0 Å². The minimum Gasteiger partial charge on any atom is -0.480 e. The number of rotatable bonds is 5. The molecule has 15 heavy (non-hydrogen) atoms. The van der Waals surface area contributed by atoms with Gasteiger partial charge in [-0.15, -0.1) is 0 Å². The Labute approximate surface area is 89.6 Å². The summed E-state index contributed by atoms with van der Waals surface area (Å²) in [5.74, 6) is -0.931. The average Bonchev–Trinajstić information content (AvgIpc) is 2.95. The molecule has 5 heteroatoms. The molecular weight excluding hydrogens is 194 g/mol. The lowest BCUT2D eigenvalue weighted by atomic mass is 10.2. The monoisotopic (exact) mass is 213 g/mol. The van der Waals surface area contributed by atoms with Gasteiger partial charge in [-0.3, -0.25) is 9.69 Å². The molecule has 0 bridgehead atoms. The number of nitrogens with two attached hydrogens (primary N) is 1. The highest BCUT2D eigenvalue weighted by molar-refractivity contribution is 5.73. The highest BCUT2D eigenvalue weighted by atomic mass is 16.4. The van der Waals surface area contributed by atoms with Gasteiger partial charge in [0.1, 0.15) is 6.04 Å². The Kier molecular flexibility index (Phi) is 3.23. The molecule has 1 heterocycles. The van der Waals surface area contributed by atoms with Gasteiger partial charge in [0, 0.05) is 31.7 Å². The van der Waals surface area contributed by atoms with E-state index in [0.29, 0.717) is 12.6 Å². The Morgan fingerprint density at radius 3 is 2.87 bits per heavy atom. The minimum absolute atomic E-state index is 0.374. The first-order valence-electron chi connectivity index (χ1n) is 5.62. The quantitative estimate of drug-likeness (QED) is 0.558. The molecule has 0 spiro atoms. The maximum Gasteiger partial charge on any atom is 0.321 e. The van der Waals surface area contributed by atoms with Gasteiger partial charge in [-0.2, -0.15) is 0 Å². The molecule has 1 aliphatic carbocycles. The summed E-state index contributed by atoms with van der Waals surface area (Å²) >= 11 is 0. The number of carboxylic acids is 1. The van der Waals surface area contributed by atoms with E-state index < -0.39 is 12.0 Å². The van der Waals surface area contributed by atoms with Crippen LogP contribution in [0.1, 0.15) is 19.3 Å².